The molecule has 1 saturated heterocycles. The first-order chi connectivity index (χ1) is 3.29. The van der Waals surface area contributed by atoms with E-state index < -0.39 is 0 Å². The lowest BCUT2D eigenvalue weighted by Crippen LogP contribution is -1.90. The third kappa shape index (κ3) is 0.765. The monoisotopic (exact) mass is 99.0 g/mol. The number of rotatable bonds is 0. The molecular weight excluding hydrogens is 94.0 g/mol. The molecule has 0 atom stereocenters. The van der Waals surface area contributed by atoms with Crippen LogP contribution in [0.2, 0.25) is 0 Å². The Morgan fingerprint density at radius 3 is 2.57 bits per heavy atom. The first-order valence-corrected chi connectivity index (χ1v) is 2.01. The van der Waals surface area contributed by atoms with Crippen molar-refractivity contribution in [1.82, 2.24) is 0 Å². The van der Waals surface area contributed by atoms with Crippen molar-refractivity contribution in [3.05, 3.63) is 0 Å². The molecule has 0 aliphatic carbocycles. The van der Waals surface area contributed by atoms with Crippen LogP contribution < -0.4 is 0 Å². The van der Waals surface area contributed by atoms with Crippen LogP contribution in [-0.4, -0.2) is 18.3 Å². The zero-order chi connectivity index (χ0) is 5.28. The number of ether oxygens (including phenoxy) is 1. The number of nitrogens with one attached hydrogen (secondary N) is 1. The van der Waals surface area contributed by atoms with E-state index in [1.165, 1.54) is 0 Å². The van der Waals surface area contributed by atoms with E-state index in [0.29, 0.717) is 5.71 Å². The molecule has 0 radical (unpaired) electrons. The molecule has 3 heteroatoms. The Hall–Kier alpha value is -0.860. The maximum atomic E-state index is 10.1. The standard InChI is InChI=1S/C4H5NO2/c5-3-1-4(6)7-2-3/h5H,1-2H2. The first-order valence-electron chi connectivity index (χ1n) is 2.01. The van der Waals surface area contributed by atoms with Crippen molar-refractivity contribution in [2.45, 2.75) is 6.42 Å². The van der Waals surface area contributed by atoms with E-state index in [-0.39, 0.29) is 19.0 Å². The van der Waals surface area contributed by atoms with Crippen molar-refractivity contribution in [3.63, 3.8) is 0 Å². The van der Waals surface area contributed by atoms with Crippen LogP contribution in [0.4, 0.5) is 0 Å². The zero-order valence-electron chi connectivity index (χ0n) is 3.73. The zero-order valence-corrected chi connectivity index (χ0v) is 3.73. The van der Waals surface area contributed by atoms with Crippen LogP contribution in [0, 0.1) is 5.41 Å². The lowest BCUT2D eigenvalue weighted by molar-refractivity contribution is -0.137. The number of carbonyl (C=O) groups is 1. The summed E-state index contributed by atoms with van der Waals surface area (Å²) < 4.78 is 4.40. The van der Waals surface area contributed by atoms with Crippen LogP contribution in [0.15, 0.2) is 0 Å². The molecule has 1 rings (SSSR count). The summed E-state index contributed by atoms with van der Waals surface area (Å²) in [6, 6.07) is 0. The number of hydrogen-bond acceptors (Lipinski definition) is 3. The summed E-state index contributed by atoms with van der Waals surface area (Å²) in [4.78, 5) is 10.1. The average Bonchev–Trinajstić information content (AvgIpc) is 1.87. The van der Waals surface area contributed by atoms with Gasteiger partial charge in [-0.25, -0.2) is 0 Å². The minimum atomic E-state index is -0.273. The van der Waals surface area contributed by atoms with Crippen LogP contribution in [0.25, 0.3) is 0 Å². The summed E-state index contributed by atoms with van der Waals surface area (Å²) in [7, 11) is 0. The Kier molecular flexibility index (Phi) is 0.817. The van der Waals surface area contributed by atoms with Crippen molar-refractivity contribution in [2.24, 2.45) is 0 Å². The van der Waals surface area contributed by atoms with E-state index in [1.807, 2.05) is 0 Å². The molecule has 0 aromatic heterocycles. The third-order valence-corrected chi connectivity index (χ3v) is 0.765. The topological polar surface area (TPSA) is 50.1 Å². The van der Waals surface area contributed by atoms with Crippen molar-refractivity contribution < 1.29 is 9.53 Å². The molecule has 38 valence electrons. The molecule has 0 amide bonds. The maximum absolute atomic E-state index is 10.1. The second kappa shape index (κ2) is 1.33. The van der Waals surface area contributed by atoms with Gasteiger partial charge in [-0.05, 0) is 0 Å². The molecule has 1 fully saturated rings. The van der Waals surface area contributed by atoms with Crippen LogP contribution >= 0.6 is 0 Å². The number of esters is 1. The summed E-state index contributed by atoms with van der Waals surface area (Å²) in [6.45, 7) is 0.207. The summed E-state index contributed by atoms with van der Waals surface area (Å²) in [5.41, 5.74) is 0.380. The lowest BCUT2D eigenvalue weighted by atomic mass is 10.3. The molecule has 3 nitrogen and oxygen atoms in total. The van der Waals surface area contributed by atoms with Crippen molar-refractivity contribution in [2.75, 3.05) is 6.61 Å². The Balaban J connectivity index is 2.55. The Labute approximate surface area is 40.8 Å². The van der Waals surface area contributed by atoms with E-state index in [1.54, 1.807) is 0 Å². The lowest BCUT2D eigenvalue weighted by Gasteiger charge is -1.80. The van der Waals surface area contributed by atoms with Gasteiger partial charge in [0.15, 0.2) is 0 Å². The SMILES string of the molecule is N=C1COC(=O)C1. The molecule has 0 bridgehead atoms. The third-order valence-electron chi connectivity index (χ3n) is 0.765. The van der Waals surface area contributed by atoms with Crippen LogP contribution in [0.1, 0.15) is 6.42 Å². The van der Waals surface area contributed by atoms with Gasteiger partial charge in [-0.3, -0.25) is 4.79 Å². The smallest absolute Gasteiger partial charge is 0.312 e. The van der Waals surface area contributed by atoms with Gasteiger partial charge in [-0.1, -0.05) is 0 Å². The Bertz CT molecular complexity index is 105. The molecule has 1 aliphatic rings. The highest BCUT2D eigenvalue weighted by atomic mass is 16.5. The van der Waals surface area contributed by atoms with E-state index in [4.69, 9.17) is 5.41 Å². The summed E-state index contributed by atoms with van der Waals surface area (Å²) in [5.74, 6) is -0.273. The molecule has 0 spiro atoms. The molecule has 7 heavy (non-hydrogen) atoms. The predicted octanol–water partition coefficient (Wildman–Crippen LogP) is -0.0469. The quantitative estimate of drug-likeness (QED) is 0.433. The molecule has 0 unspecified atom stereocenters. The normalized spacial score (nSPS) is 20.0. The second-order valence-corrected chi connectivity index (χ2v) is 1.44. The van der Waals surface area contributed by atoms with Crippen LogP contribution in [0.3, 0.4) is 0 Å². The van der Waals surface area contributed by atoms with Gasteiger partial charge in [0.25, 0.3) is 0 Å². The predicted molar refractivity (Wildman–Crippen MR) is 23.3 cm³/mol. The van der Waals surface area contributed by atoms with Gasteiger partial charge in [-0.15, -0.1) is 0 Å². The summed E-state index contributed by atoms with van der Waals surface area (Å²) in [5, 5.41) is 6.83. The fourth-order valence-corrected chi connectivity index (χ4v) is 0.444. The number of cyclic esters (lactones) is 1. The highest BCUT2D eigenvalue weighted by molar-refractivity contribution is 6.02. The van der Waals surface area contributed by atoms with Crippen molar-refractivity contribution in [1.29, 1.82) is 5.41 Å². The fourth-order valence-electron chi connectivity index (χ4n) is 0.444. The Morgan fingerprint density at radius 2 is 2.43 bits per heavy atom. The van der Waals surface area contributed by atoms with Gasteiger partial charge < -0.3 is 10.1 Å². The van der Waals surface area contributed by atoms with Gasteiger partial charge in [0.2, 0.25) is 0 Å². The largest absolute Gasteiger partial charge is 0.459 e. The van der Waals surface area contributed by atoms with E-state index in [2.05, 4.69) is 4.74 Å². The molecular formula is C4H5NO2. The van der Waals surface area contributed by atoms with Gasteiger partial charge in [-0.2, -0.15) is 0 Å². The molecule has 0 aromatic rings. The molecule has 0 saturated carbocycles. The van der Waals surface area contributed by atoms with E-state index in [9.17, 15) is 4.79 Å². The number of carbonyl (C=O) groups excluding carboxylic acids is 1. The first kappa shape index (κ1) is 4.30. The summed E-state index contributed by atoms with van der Waals surface area (Å²) >= 11 is 0. The van der Waals surface area contributed by atoms with Crippen molar-refractivity contribution in [3.8, 4) is 0 Å². The van der Waals surface area contributed by atoms with Gasteiger partial charge in [0.05, 0.1) is 12.1 Å². The van der Waals surface area contributed by atoms with Gasteiger partial charge in [0, 0.05) is 0 Å². The molecule has 0 aromatic carbocycles. The molecule has 1 aliphatic heterocycles. The van der Waals surface area contributed by atoms with Crippen molar-refractivity contribution >= 4 is 11.7 Å². The van der Waals surface area contributed by atoms with Gasteiger partial charge in [0.1, 0.15) is 6.61 Å². The van der Waals surface area contributed by atoms with E-state index in [0.717, 1.165) is 0 Å². The number of hydrogen-bond donors (Lipinski definition) is 1. The van der Waals surface area contributed by atoms with Crippen LogP contribution in [-0.2, 0) is 9.53 Å². The highest BCUT2D eigenvalue weighted by Gasteiger charge is 2.15. The molecule has 1 N–H and O–H groups in total. The minimum absolute atomic E-state index is 0.194. The second-order valence-electron chi connectivity index (χ2n) is 1.44. The molecule has 1 heterocycles. The average molecular weight is 99.1 g/mol. The highest BCUT2D eigenvalue weighted by Crippen LogP contribution is 1.97. The van der Waals surface area contributed by atoms with E-state index >= 15 is 0 Å². The summed E-state index contributed by atoms with van der Waals surface area (Å²) in [6.07, 6.45) is 0.194. The fraction of sp³-hybridized carbons (Fsp3) is 0.500. The maximum Gasteiger partial charge on any atom is 0.312 e. The van der Waals surface area contributed by atoms with Gasteiger partial charge >= 0.3 is 5.97 Å². The Morgan fingerprint density at radius 1 is 1.71 bits per heavy atom. The van der Waals surface area contributed by atoms with Crippen LogP contribution in [0.5, 0.6) is 0 Å². The minimum Gasteiger partial charge on any atom is -0.459 e.